The first-order valence-corrected chi connectivity index (χ1v) is 28.8. The Morgan fingerprint density at radius 1 is 0.358 bits per heavy atom. The molecule has 17 nitrogen and oxygen atoms in total. The van der Waals surface area contributed by atoms with E-state index < -0.39 is 97.5 Å². The Morgan fingerprint density at radius 2 is 0.612 bits per heavy atom. The molecule has 0 aliphatic rings. The van der Waals surface area contributed by atoms with Crippen molar-refractivity contribution in [3.05, 3.63) is 0 Å². The standard InChI is InChI=1S/C48H92O17P2/c1-5-9-13-16-17-18-19-20-21-22-23-24-25-28-31-35-48(53)64-43(38-58-45(50)32-12-8-4)40-62-66(54,55)60-36-42(49)37-61-67(56,57)63-41-44(65-47(52)34-30-27-15-11-7-3)39-59-46(51)33-29-26-14-10-6-2/h42-44,49H,5-41H2,1-4H3,(H,54,55)(H,56,57)/t42-,43+,44+/m0/s1. The van der Waals surface area contributed by atoms with E-state index in [2.05, 4.69) is 20.8 Å². The van der Waals surface area contributed by atoms with Crippen LogP contribution in [-0.4, -0.2) is 96.7 Å². The van der Waals surface area contributed by atoms with Crippen LogP contribution in [-0.2, 0) is 65.4 Å². The highest BCUT2D eigenvalue weighted by atomic mass is 31.2. The number of unbranched alkanes of at least 4 members (excludes halogenated alkanes) is 23. The lowest BCUT2D eigenvalue weighted by molar-refractivity contribution is -0.161. The number of carbonyl (C=O) groups is 4. The van der Waals surface area contributed by atoms with Gasteiger partial charge in [-0.3, -0.25) is 37.3 Å². The number of phosphoric ester groups is 2. The van der Waals surface area contributed by atoms with Crippen molar-refractivity contribution in [1.29, 1.82) is 0 Å². The van der Waals surface area contributed by atoms with Gasteiger partial charge in [0.05, 0.1) is 26.4 Å². The molecule has 0 aliphatic carbocycles. The van der Waals surface area contributed by atoms with E-state index in [1.54, 1.807) is 0 Å². The second kappa shape index (κ2) is 44.0. The van der Waals surface area contributed by atoms with Crippen molar-refractivity contribution in [3.63, 3.8) is 0 Å². The van der Waals surface area contributed by atoms with Gasteiger partial charge >= 0.3 is 39.5 Å². The number of hydrogen-bond acceptors (Lipinski definition) is 15. The number of rotatable bonds is 49. The minimum Gasteiger partial charge on any atom is -0.462 e. The molecule has 5 atom stereocenters. The zero-order valence-corrected chi connectivity index (χ0v) is 43.6. The molecule has 0 aromatic carbocycles. The predicted octanol–water partition coefficient (Wildman–Crippen LogP) is 11.7. The van der Waals surface area contributed by atoms with Gasteiger partial charge in [0.1, 0.15) is 19.3 Å². The number of ether oxygens (including phenoxy) is 4. The highest BCUT2D eigenvalue weighted by molar-refractivity contribution is 7.47. The van der Waals surface area contributed by atoms with Gasteiger partial charge in [-0.15, -0.1) is 0 Å². The zero-order chi connectivity index (χ0) is 49.9. The first kappa shape index (κ1) is 65.1. The monoisotopic (exact) mass is 1000 g/mol. The van der Waals surface area contributed by atoms with E-state index in [1.165, 1.54) is 64.2 Å². The van der Waals surface area contributed by atoms with E-state index in [1.807, 2.05) is 6.92 Å². The topological polar surface area (TPSA) is 237 Å². The minimum absolute atomic E-state index is 0.0986. The Hall–Kier alpha value is -1.94. The summed E-state index contributed by atoms with van der Waals surface area (Å²) < 4.78 is 66.4. The van der Waals surface area contributed by atoms with Crippen molar-refractivity contribution < 1.29 is 80.2 Å². The molecule has 0 amide bonds. The van der Waals surface area contributed by atoms with E-state index in [0.29, 0.717) is 25.7 Å². The molecule has 3 N–H and O–H groups in total. The van der Waals surface area contributed by atoms with Gasteiger partial charge in [0.2, 0.25) is 0 Å². The first-order chi connectivity index (χ1) is 32.2. The molecule has 0 saturated carbocycles. The van der Waals surface area contributed by atoms with Crippen molar-refractivity contribution in [3.8, 4) is 0 Å². The Labute approximate surface area is 403 Å². The average Bonchev–Trinajstić information content (AvgIpc) is 3.29. The lowest BCUT2D eigenvalue weighted by Gasteiger charge is -2.21. The fraction of sp³-hybridized carbons (Fsp3) is 0.917. The number of carbonyl (C=O) groups excluding carboxylic acids is 4. The molecule has 2 unspecified atom stereocenters. The van der Waals surface area contributed by atoms with Crippen molar-refractivity contribution in [2.75, 3.05) is 39.6 Å². The van der Waals surface area contributed by atoms with Crippen LogP contribution >= 0.6 is 15.6 Å². The van der Waals surface area contributed by atoms with E-state index >= 15 is 0 Å². The van der Waals surface area contributed by atoms with E-state index in [-0.39, 0.29) is 25.7 Å². The van der Waals surface area contributed by atoms with Gasteiger partial charge in [0, 0.05) is 25.7 Å². The number of aliphatic hydroxyl groups is 1. The third kappa shape index (κ3) is 43.8. The maximum absolute atomic E-state index is 12.7. The molecule has 0 saturated heterocycles. The fourth-order valence-electron chi connectivity index (χ4n) is 6.78. The summed E-state index contributed by atoms with van der Waals surface area (Å²) in [5.41, 5.74) is 0. The van der Waals surface area contributed by atoms with Crippen LogP contribution in [0.3, 0.4) is 0 Å². The highest BCUT2D eigenvalue weighted by Gasteiger charge is 2.30. The van der Waals surface area contributed by atoms with Gasteiger partial charge in [-0.1, -0.05) is 175 Å². The van der Waals surface area contributed by atoms with Gasteiger partial charge in [-0.2, -0.15) is 0 Å². The van der Waals surface area contributed by atoms with Crippen LogP contribution in [0.2, 0.25) is 0 Å². The maximum atomic E-state index is 12.7. The fourth-order valence-corrected chi connectivity index (χ4v) is 8.36. The van der Waals surface area contributed by atoms with Gasteiger partial charge in [0.15, 0.2) is 12.2 Å². The lowest BCUT2D eigenvalue weighted by Crippen LogP contribution is -2.30. The van der Waals surface area contributed by atoms with E-state index in [9.17, 15) is 43.2 Å². The minimum atomic E-state index is -4.91. The van der Waals surface area contributed by atoms with Gasteiger partial charge in [0.25, 0.3) is 0 Å². The summed E-state index contributed by atoms with van der Waals surface area (Å²) in [4.78, 5) is 70.3. The van der Waals surface area contributed by atoms with Crippen molar-refractivity contribution in [2.24, 2.45) is 0 Å². The molecule has 0 fully saturated rings. The predicted molar refractivity (Wildman–Crippen MR) is 257 cm³/mol. The van der Waals surface area contributed by atoms with Crippen molar-refractivity contribution >= 4 is 39.5 Å². The Morgan fingerprint density at radius 3 is 0.925 bits per heavy atom. The third-order valence-electron chi connectivity index (χ3n) is 10.9. The third-order valence-corrected chi connectivity index (χ3v) is 12.8. The van der Waals surface area contributed by atoms with Gasteiger partial charge < -0.3 is 33.8 Å². The summed E-state index contributed by atoms with van der Waals surface area (Å²) in [6.45, 7) is 4.33. The van der Waals surface area contributed by atoms with Gasteiger partial charge in [-0.05, 0) is 25.7 Å². The molecule has 0 radical (unpaired) electrons. The number of aliphatic hydroxyl groups excluding tert-OH is 1. The summed E-state index contributed by atoms with van der Waals surface area (Å²) in [5, 5.41) is 10.3. The Balaban J connectivity index is 4.91. The molecule has 396 valence electrons. The van der Waals surface area contributed by atoms with Crippen molar-refractivity contribution in [1.82, 2.24) is 0 Å². The Bertz CT molecular complexity index is 1340. The van der Waals surface area contributed by atoms with Crippen LogP contribution in [0.1, 0.15) is 227 Å². The molecular weight excluding hydrogens is 910 g/mol. The molecule has 0 rings (SSSR count). The van der Waals surface area contributed by atoms with E-state index in [0.717, 1.165) is 83.5 Å². The largest absolute Gasteiger partial charge is 0.472 e. The molecule has 0 aliphatic heterocycles. The average molecular weight is 1000 g/mol. The van der Waals surface area contributed by atoms with E-state index in [4.69, 9.17) is 37.0 Å². The quantitative estimate of drug-likeness (QED) is 0.0222. The summed E-state index contributed by atoms with van der Waals surface area (Å²) in [6.07, 6.45) is 24.4. The zero-order valence-electron chi connectivity index (χ0n) is 41.8. The summed E-state index contributed by atoms with van der Waals surface area (Å²) in [5.74, 6) is -2.22. The molecule has 19 heteroatoms. The molecule has 0 aromatic heterocycles. The van der Waals surface area contributed by atoms with Crippen LogP contribution in [0.4, 0.5) is 0 Å². The first-order valence-electron chi connectivity index (χ1n) is 25.8. The number of esters is 4. The smallest absolute Gasteiger partial charge is 0.462 e. The van der Waals surface area contributed by atoms with Gasteiger partial charge in [-0.25, -0.2) is 9.13 Å². The molecule has 67 heavy (non-hydrogen) atoms. The highest BCUT2D eigenvalue weighted by Crippen LogP contribution is 2.45. The SMILES string of the molecule is CCCCCCCCCCCCCCCCCC(=O)O[C@H](COC(=O)CCCC)COP(=O)(O)OC[C@H](O)COP(=O)(O)OC[C@@H](COC(=O)CCCCCCC)OC(=O)CCCCCCC. The number of hydrogen-bond donors (Lipinski definition) is 3. The molecular formula is C48H92O17P2. The van der Waals surface area contributed by atoms with Crippen LogP contribution in [0.15, 0.2) is 0 Å². The van der Waals surface area contributed by atoms with Crippen molar-refractivity contribution in [2.45, 2.75) is 245 Å². The second-order valence-corrected chi connectivity index (χ2v) is 20.4. The summed E-state index contributed by atoms with van der Waals surface area (Å²) in [6, 6.07) is 0. The van der Waals surface area contributed by atoms with Crippen LogP contribution in [0, 0.1) is 0 Å². The summed E-state index contributed by atoms with van der Waals surface area (Å²) in [7, 11) is -9.82. The second-order valence-electron chi connectivity index (χ2n) is 17.5. The summed E-state index contributed by atoms with van der Waals surface area (Å²) >= 11 is 0. The molecule has 0 heterocycles. The van der Waals surface area contributed by atoms with Crippen LogP contribution < -0.4 is 0 Å². The lowest BCUT2D eigenvalue weighted by atomic mass is 10.0. The normalized spacial score (nSPS) is 14.7. The maximum Gasteiger partial charge on any atom is 0.472 e. The molecule has 0 aromatic rings. The van der Waals surface area contributed by atoms with Crippen LogP contribution in [0.25, 0.3) is 0 Å². The number of phosphoric acid groups is 2. The molecule has 0 spiro atoms. The Kier molecular flexibility index (Phi) is 42.8. The molecule has 0 bridgehead atoms. The van der Waals surface area contributed by atoms with Crippen LogP contribution in [0.5, 0.6) is 0 Å².